The van der Waals surface area contributed by atoms with Crippen molar-refractivity contribution in [2.24, 2.45) is 0 Å². The zero-order chi connectivity index (χ0) is 32.1. The molecule has 6 nitrogen and oxygen atoms in total. The number of pyridine rings is 1. The van der Waals surface area contributed by atoms with Gasteiger partial charge in [0.15, 0.2) is 0 Å². The van der Waals surface area contributed by atoms with Crippen LogP contribution in [0.1, 0.15) is 61.2 Å². The smallest absolute Gasteiger partial charge is 0.306 e. The Balaban J connectivity index is 1.40. The highest BCUT2D eigenvalue weighted by Gasteiger charge is 2.22. The van der Waals surface area contributed by atoms with Crippen LogP contribution in [-0.2, 0) is 33.6 Å². The van der Waals surface area contributed by atoms with Gasteiger partial charge in [-0.05, 0) is 93.1 Å². The number of hydrogen-bond donors (Lipinski definition) is 2. The van der Waals surface area contributed by atoms with Crippen LogP contribution < -0.4 is 5.32 Å². The number of carbonyl (C=O) groups excluding carboxylic acids is 2. The lowest BCUT2D eigenvalue weighted by Crippen LogP contribution is -2.32. The van der Waals surface area contributed by atoms with Gasteiger partial charge in [-0.1, -0.05) is 42.0 Å². The first-order chi connectivity index (χ1) is 21.4. The lowest BCUT2D eigenvalue weighted by atomic mass is 9.94. The molecule has 5 aromatic rings. The largest absolute Gasteiger partial charge is 0.460 e. The highest BCUT2D eigenvalue weighted by atomic mass is 19.1. The number of carbonyl (C=O) groups is 2. The first kappa shape index (κ1) is 31.6. The molecule has 0 spiro atoms. The minimum atomic E-state index is -0.684. The molecular weight excluding hydrogens is 572 g/mol. The van der Waals surface area contributed by atoms with Crippen LogP contribution in [0.3, 0.4) is 0 Å². The minimum Gasteiger partial charge on any atom is -0.460 e. The van der Waals surface area contributed by atoms with E-state index in [1.807, 2.05) is 82.3 Å². The molecule has 45 heavy (non-hydrogen) atoms. The van der Waals surface area contributed by atoms with E-state index in [-0.39, 0.29) is 31.1 Å². The molecule has 0 radical (unpaired) electrons. The highest BCUT2D eigenvalue weighted by Crippen LogP contribution is 2.30. The zero-order valence-corrected chi connectivity index (χ0v) is 25.9. The van der Waals surface area contributed by atoms with E-state index >= 15 is 0 Å². The average molecular weight is 610 g/mol. The summed E-state index contributed by atoms with van der Waals surface area (Å²) in [5, 5.41) is 3.98. The molecule has 232 valence electrons. The summed E-state index contributed by atoms with van der Waals surface area (Å²) < 4.78 is 33.8. The number of amides is 1. The van der Waals surface area contributed by atoms with E-state index in [1.54, 1.807) is 12.4 Å². The molecule has 0 saturated carbocycles. The van der Waals surface area contributed by atoms with Crippen molar-refractivity contribution in [2.75, 3.05) is 0 Å². The van der Waals surface area contributed by atoms with Gasteiger partial charge in [0.1, 0.15) is 17.2 Å². The van der Waals surface area contributed by atoms with Gasteiger partial charge in [-0.2, -0.15) is 0 Å². The van der Waals surface area contributed by atoms with Crippen LogP contribution in [0.5, 0.6) is 0 Å². The first-order valence-electron chi connectivity index (χ1n) is 15.0. The number of rotatable bonds is 10. The summed E-state index contributed by atoms with van der Waals surface area (Å²) in [6.07, 6.45) is 4.41. The third-order valence-electron chi connectivity index (χ3n) is 7.45. The van der Waals surface area contributed by atoms with E-state index in [0.717, 1.165) is 44.8 Å². The molecular formula is C37H37F2N3O3. The summed E-state index contributed by atoms with van der Waals surface area (Å²) in [7, 11) is 0. The third kappa shape index (κ3) is 8.41. The van der Waals surface area contributed by atoms with Crippen LogP contribution in [0, 0.1) is 18.6 Å². The molecule has 1 amide bonds. The van der Waals surface area contributed by atoms with Crippen molar-refractivity contribution in [3.05, 3.63) is 125 Å². The summed E-state index contributed by atoms with van der Waals surface area (Å²) in [5.41, 5.74) is 5.92. The Hall–Kier alpha value is -4.85. The number of halogens is 2. The van der Waals surface area contributed by atoms with Crippen LogP contribution >= 0.6 is 0 Å². The number of benzene rings is 3. The summed E-state index contributed by atoms with van der Waals surface area (Å²) in [6, 6.07) is 20.3. The van der Waals surface area contributed by atoms with Crippen molar-refractivity contribution in [3.63, 3.8) is 0 Å². The molecule has 2 aromatic heterocycles. The van der Waals surface area contributed by atoms with E-state index in [0.29, 0.717) is 17.7 Å². The summed E-state index contributed by atoms with van der Waals surface area (Å²) in [6.45, 7) is 7.52. The maximum atomic E-state index is 14.2. The number of fused-ring (bicyclic) bond motifs is 1. The van der Waals surface area contributed by atoms with Gasteiger partial charge in [-0.3, -0.25) is 14.6 Å². The Morgan fingerprint density at radius 3 is 2.40 bits per heavy atom. The van der Waals surface area contributed by atoms with Crippen molar-refractivity contribution in [1.29, 1.82) is 0 Å². The molecule has 0 aliphatic carbocycles. The predicted octanol–water partition coefficient (Wildman–Crippen LogP) is 7.73. The van der Waals surface area contributed by atoms with Gasteiger partial charge >= 0.3 is 5.97 Å². The minimum absolute atomic E-state index is 0.0657. The number of nitrogens with zero attached hydrogens (tertiary/aromatic N) is 1. The molecule has 0 bridgehead atoms. The van der Waals surface area contributed by atoms with Gasteiger partial charge in [0.2, 0.25) is 5.91 Å². The van der Waals surface area contributed by atoms with E-state index in [9.17, 15) is 18.4 Å². The topological polar surface area (TPSA) is 84.1 Å². The van der Waals surface area contributed by atoms with Gasteiger partial charge < -0.3 is 15.0 Å². The van der Waals surface area contributed by atoms with Crippen molar-refractivity contribution < 1.29 is 23.1 Å². The SMILES string of the molecule is Cc1ccc(-c2cccnc2[C@H](Cc2cc(F)cc(F)c2)NC(=O)Cc2c[nH]c3ccc(CCC(=O)OC(C)(C)C)cc23)cc1. The van der Waals surface area contributed by atoms with E-state index in [4.69, 9.17) is 4.74 Å². The number of nitrogens with one attached hydrogen (secondary N) is 2. The molecule has 0 unspecified atom stereocenters. The Kier molecular flexibility index (Phi) is 9.42. The molecule has 0 aliphatic heterocycles. The summed E-state index contributed by atoms with van der Waals surface area (Å²) in [4.78, 5) is 33.7. The lowest BCUT2D eigenvalue weighted by molar-refractivity contribution is -0.154. The van der Waals surface area contributed by atoms with Gasteiger partial charge in [-0.15, -0.1) is 0 Å². The Labute approximate surface area is 261 Å². The van der Waals surface area contributed by atoms with E-state index in [2.05, 4.69) is 15.3 Å². The van der Waals surface area contributed by atoms with Crippen LogP contribution in [0.15, 0.2) is 85.2 Å². The number of esters is 1. The number of aryl methyl sites for hydroxylation is 2. The van der Waals surface area contributed by atoms with Crippen molar-refractivity contribution >= 4 is 22.8 Å². The molecule has 2 N–H and O–H groups in total. The van der Waals surface area contributed by atoms with Gasteiger partial charge in [0.05, 0.1) is 18.2 Å². The second-order valence-electron chi connectivity index (χ2n) is 12.4. The molecule has 2 heterocycles. The molecule has 5 rings (SSSR count). The van der Waals surface area contributed by atoms with Gasteiger partial charge in [-0.25, -0.2) is 8.78 Å². The zero-order valence-electron chi connectivity index (χ0n) is 25.9. The lowest BCUT2D eigenvalue weighted by Gasteiger charge is -2.22. The van der Waals surface area contributed by atoms with Gasteiger partial charge in [0.25, 0.3) is 0 Å². The quantitative estimate of drug-likeness (QED) is 0.159. The number of aromatic nitrogens is 2. The normalized spacial score (nSPS) is 12.2. The molecule has 0 saturated heterocycles. The predicted molar refractivity (Wildman–Crippen MR) is 172 cm³/mol. The molecule has 1 atom stereocenters. The fourth-order valence-corrected chi connectivity index (χ4v) is 5.44. The molecule has 8 heteroatoms. The van der Waals surface area contributed by atoms with Gasteiger partial charge in [0, 0.05) is 41.3 Å². The number of H-pyrrole nitrogens is 1. The number of ether oxygens (including phenoxy) is 1. The monoisotopic (exact) mass is 609 g/mol. The average Bonchev–Trinajstić information content (AvgIpc) is 3.36. The summed E-state index contributed by atoms with van der Waals surface area (Å²) >= 11 is 0. The standard InChI is InChI=1S/C37H37F2N3O3/c1-23-7-11-26(12-8-23)30-6-5-15-40-36(30)33(19-25-16-28(38)21-29(39)17-25)42-34(43)20-27-22-41-32-13-9-24(18-31(27)32)10-14-35(44)45-37(2,3)4/h5-9,11-13,15-18,21-22,33,41H,10,14,19-20H2,1-4H3,(H,42,43)/t33-/m0/s1. The van der Waals surface area contributed by atoms with Crippen molar-refractivity contribution in [2.45, 2.75) is 65.0 Å². The summed E-state index contributed by atoms with van der Waals surface area (Å²) in [5.74, 6) is -1.90. The highest BCUT2D eigenvalue weighted by molar-refractivity contribution is 5.89. The van der Waals surface area contributed by atoms with Crippen LogP contribution in [0.2, 0.25) is 0 Å². The molecule has 0 aliphatic rings. The Morgan fingerprint density at radius 1 is 0.956 bits per heavy atom. The van der Waals surface area contributed by atoms with E-state index < -0.39 is 23.3 Å². The Morgan fingerprint density at radius 2 is 1.69 bits per heavy atom. The first-order valence-corrected chi connectivity index (χ1v) is 15.0. The fraction of sp³-hybridized carbons (Fsp3) is 0.270. The molecule has 0 fully saturated rings. The maximum Gasteiger partial charge on any atom is 0.306 e. The van der Waals surface area contributed by atoms with Crippen LogP contribution in [-0.4, -0.2) is 27.4 Å². The Bertz CT molecular complexity index is 1800. The van der Waals surface area contributed by atoms with Crippen molar-refractivity contribution in [3.8, 4) is 11.1 Å². The fourth-order valence-electron chi connectivity index (χ4n) is 5.44. The van der Waals surface area contributed by atoms with E-state index in [1.165, 1.54) is 12.1 Å². The number of aromatic amines is 1. The van der Waals surface area contributed by atoms with Crippen LogP contribution in [0.4, 0.5) is 8.78 Å². The van der Waals surface area contributed by atoms with Crippen LogP contribution in [0.25, 0.3) is 22.0 Å². The second kappa shape index (κ2) is 13.4. The second-order valence-corrected chi connectivity index (χ2v) is 12.4. The molecule has 3 aromatic carbocycles. The number of hydrogen-bond acceptors (Lipinski definition) is 4. The third-order valence-corrected chi connectivity index (χ3v) is 7.45. The maximum absolute atomic E-state index is 14.2. The van der Waals surface area contributed by atoms with Crippen molar-refractivity contribution in [1.82, 2.24) is 15.3 Å².